The molecule has 146 valence electrons. The second-order valence-electron chi connectivity index (χ2n) is 6.87. The third kappa shape index (κ3) is 3.87. The van der Waals surface area contributed by atoms with Gasteiger partial charge in [0.2, 0.25) is 0 Å². The van der Waals surface area contributed by atoms with E-state index in [-0.39, 0.29) is 17.6 Å². The lowest BCUT2D eigenvalue weighted by Gasteiger charge is -2.15. The van der Waals surface area contributed by atoms with Crippen LogP contribution in [0.3, 0.4) is 0 Å². The van der Waals surface area contributed by atoms with E-state index in [0.29, 0.717) is 31.5 Å². The first kappa shape index (κ1) is 18.5. The minimum Gasteiger partial charge on any atom is -0.497 e. The van der Waals surface area contributed by atoms with Crippen LogP contribution in [0.15, 0.2) is 45.9 Å². The highest BCUT2D eigenvalue weighted by Gasteiger charge is 2.22. The number of aryl methyl sites for hydroxylation is 1. The maximum Gasteiger partial charge on any atom is 0.346 e. The summed E-state index contributed by atoms with van der Waals surface area (Å²) in [7, 11) is 1.62. The van der Waals surface area contributed by atoms with Gasteiger partial charge in [0.25, 0.3) is 5.91 Å². The van der Waals surface area contributed by atoms with Gasteiger partial charge >= 0.3 is 5.69 Å². The highest BCUT2D eigenvalue weighted by molar-refractivity contribution is 7.08. The Balaban J connectivity index is 1.44. The first-order valence-corrected chi connectivity index (χ1v) is 10.2. The van der Waals surface area contributed by atoms with Crippen LogP contribution in [0.2, 0.25) is 0 Å². The van der Waals surface area contributed by atoms with Crippen LogP contribution in [-0.4, -0.2) is 33.4 Å². The van der Waals surface area contributed by atoms with Crippen LogP contribution < -0.4 is 15.7 Å². The highest BCUT2D eigenvalue weighted by atomic mass is 32.1. The van der Waals surface area contributed by atoms with Gasteiger partial charge in [0.15, 0.2) is 0 Å². The molecule has 1 unspecified atom stereocenters. The van der Waals surface area contributed by atoms with Crippen LogP contribution in [0.4, 0.5) is 0 Å². The van der Waals surface area contributed by atoms with Crippen molar-refractivity contribution in [1.82, 2.24) is 19.7 Å². The highest BCUT2D eigenvalue weighted by Crippen LogP contribution is 2.16. The van der Waals surface area contributed by atoms with E-state index in [1.165, 1.54) is 16.0 Å². The monoisotopic (exact) mass is 398 g/mol. The molecule has 0 radical (unpaired) electrons. The molecule has 1 aliphatic heterocycles. The largest absolute Gasteiger partial charge is 0.497 e. The van der Waals surface area contributed by atoms with E-state index in [1.54, 1.807) is 11.7 Å². The first-order valence-electron chi connectivity index (χ1n) is 9.26. The van der Waals surface area contributed by atoms with Crippen molar-refractivity contribution in [1.29, 1.82) is 0 Å². The zero-order valence-electron chi connectivity index (χ0n) is 15.6. The Morgan fingerprint density at radius 3 is 3.04 bits per heavy atom. The number of rotatable bonds is 5. The summed E-state index contributed by atoms with van der Waals surface area (Å²) in [5.74, 6) is 1.48. The van der Waals surface area contributed by atoms with Gasteiger partial charge in [-0.15, -0.1) is 0 Å². The number of hydrogen-bond donors (Lipinski definition) is 1. The molecule has 0 fully saturated rings. The summed E-state index contributed by atoms with van der Waals surface area (Å²) in [5.41, 5.74) is 1.55. The summed E-state index contributed by atoms with van der Waals surface area (Å²) >= 11 is 1.50. The van der Waals surface area contributed by atoms with Crippen LogP contribution in [0, 0.1) is 0 Å². The van der Waals surface area contributed by atoms with Crippen LogP contribution in [0.1, 0.15) is 34.6 Å². The number of benzene rings is 1. The van der Waals surface area contributed by atoms with Gasteiger partial charge in [0, 0.05) is 30.0 Å². The minimum absolute atomic E-state index is 0.0420. The molecule has 0 saturated carbocycles. The quantitative estimate of drug-likeness (QED) is 0.715. The van der Waals surface area contributed by atoms with Crippen molar-refractivity contribution in [2.75, 3.05) is 7.11 Å². The lowest BCUT2D eigenvalue weighted by Crippen LogP contribution is -2.35. The fourth-order valence-electron chi connectivity index (χ4n) is 3.48. The van der Waals surface area contributed by atoms with Gasteiger partial charge in [0.1, 0.15) is 11.6 Å². The summed E-state index contributed by atoms with van der Waals surface area (Å²) < 4.78 is 8.49. The van der Waals surface area contributed by atoms with Crippen molar-refractivity contribution in [2.45, 2.75) is 38.4 Å². The Bertz CT molecular complexity index is 1020. The van der Waals surface area contributed by atoms with Crippen molar-refractivity contribution >= 4 is 17.2 Å². The summed E-state index contributed by atoms with van der Waals surface area (Å²) in [4.78, 5) is 25.1. The zero-order valence-corrected chi connectivity index (χ0v) is 16.4. The molecule has 0 bridgehead atoms. The predicted octanol–water partition coefficient (Wildman–Crippen LogP) is 2.30. The van der Waals surface area contributed by atoms with E-state index in [2.05, 4.69) is 10.4 Å². The molecule has 3 heterocycles. The number of amides is 1. The van der Waals surface area contributed by atoms with Crippen molar-refractivity contribution in [3.8, 4) is 5.75 Å². The molecule has 1 aliphatic rings. The number of carbonyl (C=O) groups excluding carboxylic acids is 1. The number of carbonyl (C=O) groups is 1. The fourth-order valence-corrected chi connectivity index (χ4v) is 4.12. The van der Waals surface area contributed by atoms with E-state index in [0.717, 1.165) is 23.6 Å². The number of thiophene rings is 1. The van der Waals surface area contributed by atoms with Crippen LogP contribution >= 0.6 is 11.3 Å². The number of aromatic nitrogens is 3. The van der Waals surface area contributed by atoms with Crippen molar-refractivity contribution in [3.63, 3.8) is 0 Å². The summed E-state index contributed by atoms with van der Waals surface area (Å²) in [6.07, 6.45) is 2.15. The number of fused-ring (bicyclic) bond motifs is 1. The summed E-state index contributed by atoms with van der Waals surface area (Å²) in [6, 6.07) is 9.50. The molecule has 2 aromatic heterocycles. The Morgan fingerprint density at radius 1 is 1.36 bits per heavy atom. The van der Waals surface area contributed by atoms with Crippen LogP contribution in [0.25, 0.3) is 0 Å². The standard InChI is InChI=1S/C20H22N4O3S/c1-27-17-4-2-3-14(11-17)12-24-20(26)23-9-7-16(5-6-18(23)22-24)21-19(25)15-8-10-28-13-15/h2-4,8,10-11,13,16H,5-7,9,12H2,1H3,(H,21,25). The lowest BCUT2D eigenvalue weighted by atomic mass is 10.1. The average molecular weight is 398 g/mol. The third-order valence-electron chi connectivity index (χ3n) is 5.00. The SMILES string of the molecule is COc1cccc(Cn2nc3n(c2=O)CCC(NC(=O)c2ccsc2)CC3)c1. The molecule has 28 heavy (non-hydrogen) atoms. The molecule has 0 spiro atoms. The molecule has 1 amide bonds. The molecule has 0 aliphatic carbocycles. The minimum atomic E-state index is -0.109. The van der Waals surface area contributed by atoms with Gasteiger partial charge in [-0.3, -0.25) is 9.36 Å². The van der Waals surface area contributed by atoms with Gasteiger partial charge in [-0.05, 0) is 42.0 Å². The van der Waals surface area contributed by atoms with E-state index >= 15 is 0 Å². The average Bonchev–Trinajstić information content (AvgIpc) is 3.29. The van der Waals surface area contributed by atoms with Gasteiger partial charge in [-0.1, -0.05) is 12.1 Å². The van der Waals surface area contributed by atoms with Crippen molar-refractivity contribution < 1.29 is 9.53 Å². The zero-order chi connectivity index (χ0) is 19.5. The molecule has 1 atom stereocenters. The molecule has 3 aromatic rings. The summed E-state index contributed by atoms with van der Waals surface area (Å²) in [6.45, 7) is 0.967. The Hall–Kier alpha value is -2.87. The molecule has 1 N–H and O–H groups in total. The van der Waals surface area contributed by atoms with Crippen LogP contribution in [0.5, 0.6) is 5.75 Å². The van der Waals surface area contributed by atoms with E-state index in [9.17, 15) is 9.59 Å². The fraction of sp³-hybridized carbons (Fsp3) is 0.350. The maximum absolute atomic E-state index is 12.8. The number of nitrogens with zero attached hydrogens (tertiary/aromatic N) is 3. The molecule has 7 nitrogen and oxygen atoms in total. The number of methoxy groups -OCH3 is 1. The van der Waals surface area contributed by atoms with E-state index in [4.69, 9.17) is 4.74 Å². The Labute approximate surface area is 166 Å². The Morgan fingerprint density at radius 2 is 2.25 bits per heavy atom. The summed E-state index contributed by atoms with van der Waals surface area (Å²) in [5, 5.41) is 11.3. The molecular weight excluding hydrogens is 376 g/mol. The third-order valence-corrected chi connectivity index (χ3v) is 5.69. The lowest BCUT2D eigenvalue weighted by molar-refractivity contribution is 0.0933. The molecule has 1 aromatic carbocycles. The normalized spacial score (nSPS) is 16.2. The second-order valence-corrected chi connectivity index (χ2v) is 7.65. The number of ether oxygens (including phenoxy) is 1. The predicted molar refractivity (Wildman–Crippen MR) is 107 cm³/mol. The van der Waals surface area contributed by atoms with Gasteiger partial charge in [-0.25, -0.2) is 9.48 Å². The van der Waals surface area contributed by atoms with Crippen LogP contribution in [-0.2, 0) is 19.5 Å². The molecule has 8 heteroatoms. The molecular formula is C20H22N4O3S. The Kier molecular flexibility index (Phi) is 5.29. The second kappa shape index (κ2) is 8.02. The topological polar surface area (TPSA) is 78.2 Å². The smallest absolute Gasteiger partial charge is 0.346 e. The van der Waals surface area contributed by atoms with Gasteiger partial charge in [-0.2, -0.15) is 16.4 Å². The maximum atomic E-state index is 12.8. The number of hydrogen-bond acceptors (Lipinski definition) is 5. The molecule has 4 rings (SSSR count). The van der Waals surface area contributed by atoms with E-state index < -0.39 is 0 Å². The van der Waals surface area contributed by atoms with E-state index in [1.807, 2.05) is 41.1 Å². The van der Waals surface area contributed by atoms with Crippen molar-refractivity contribution in [2.24, 2.45) is 0 Å². The number of nitrogens with one attached hydrogen (secondary N) is 1. The van der Waals surface area contributed by atoms with Gasteiger partial charge in [0.05, 0.1) is 13.7 Å². The first-order chi connectivity index (χ1) is 13.6. The molecule has 0 saturated heterocycles. The van der Waals surface area contributed by atoms with Crippen molar-refractivity contribution in [3.05, 3.63) is 68.5 Å². The van der Waals surface area contributed by atoms with Gasteiger partial charge < -0.3 is 10.1 Å².